The molecule has 2 aromatic carbocycles. The van der Waals surface area contributed by atoms with Crippen molar-refractivity contribution >= 4 is 18.7 Å². The van der Waals surface area contributed by atoms with Gasteiger partial charge < -0.3 is 13.9 Å². The number of ether oxygens (including phenoxy) is 2. The van der Waals surface area contributed by atoms with Crippen molar-refractivity contribution in [3.8, 4) is 0 Å². The Bertz CT molecular complexity index is 685. The van der Waals surface area contributed by atoms with Crippen molar-refractivity contribution in [2.75, 3.05) is 27.1 Å². The second kappa shape index (κ2) is 12.2. The minimum atomic E-state index is -2.44. The lowest BCUT2D eigenvalue weighted by molar-refractivity contribution is -0.0442. The topological polar surface area (TPSA) is 27.7 Å². The maximum absolute atomic E-state index is 6.97. The van der Waals surface area contributed by atoms with Crippen LogP contribution in [0.15, 0.2) is 73.3 Å². The smallest absolute Gasteiger partial charge is 0.261 e. The van der Waals surface area contributed by atoms with Gasteiger partial charge in [-0.3, -0.25) is 0 Å². The predicted octanol–water partition coefficient (Wildman–Crippen LogP) is 5.16. The van der Waals surface area contributed by atoms with Crippen LogP contribution in [-0.2, 0) is 13.9 Å². The van der Waals surface area contributed by atoms with E-state index in [9.17, 15) is 0 Å². The first-order chi connectivity index (χ1) is 14.5. The summed E-state index contributed by atoms with van der Waals surface area (Å²) in [6.07, 6.45) is 4.97. The van der Waals surface area contributed by atoms with Gasteiger partial charge >= 0.3 is 0 Å². The molecule has 0 aliphatic rings. The fourth-order valence-corrected chi connectivity index (χ4v) is 8.77. The molecule has 0 N–H and O–H groups in total. The molecule has 3 nitrogen and oxygen atoms in total. The monoisotopic (exact) mass is 426 g/mol. The van der Waals surface area contributed by atoms with Gasteiger partial charge in [0.2, 0.25) is 0 Å². The Kier molecular flexibility index (Phi) is 9.99. The zero-order valence-electron chi connectivity index (χ0n) is 19.1. The fraction of sp³-hybridized carbons (Fsp3) is 0.462. The Morgan fingerprint density at radius 1 is 0.967 bits per heavy atom. The van der Waals surface area contributed by atoms with Crippen molar-refractivity contribution < 1.29 is 13.9 Å². The molecule has 0 saturated carbocycles. The zero-order chi connectivity index (χ0) is 21.9. The first-order valence-corrected chi connectivity index (χ1v) is 12.8. The van der Waals surface area contributed by atoms with Crippen LogP contribution in [-0.4, -0.2) is 35.4 Å². The number of methoxy groups -OCH3 is 1. The molecule has 0 aliphatic heterocycles. The van der Waals surface area contributed by atoms with Crippen molar-refractivity contribution in [2.24, 2.45) is 5.92 Å². The van der Waals surface area contributed by atoms with Gasteiger partial charge in [0.25, 0.3) is 8.32 Å². The lowest BCUT2D eigenvalue weighted by atomic mass is 10.0. The van der Waals surface area contributed by atoms with E-state index in [4.69, 9.17) is 13.9 Å². The first kappa shape index (κ1) is 24.5. The average Bonchev–Trinajstić information content (AvgIpc) is 2.74. The fourth-order valence-electron chi connectivity index (χ4n) is 4.16. The highest BCUT2D eigenvalue weighted by molar-refractivity contribution is 6.99. The minimum absolute atomic E-state index is 0.0117. The molecule has 30 heavy (non-hydrogen) atoms. The van der Waals surface area contributed by atoms with E-state index >= 15 is 0 Å². The predicted molar refractivity (Wildman–Crippen MR) is 129 cm³/mol. The van der Waals surface area contributed by atoms with E-state index in [1.807, 2.05) is 6.08 Å². The Morgan fingerprint density at radius 3 is 2.00 bits per heavy atom. The number of allylic oxidation sites excluding steroid dienone is 1. The van der Waals surface area contributed by atoms with Crippen molar-refractivity contribution in [3.63, 3.8) is 0 Å². The molecule has 1 atom stereocenters. The summed E-state index contributed by atoms with van der Waals surface area (Å²) >= 11 is 0. The van der Waals surface area contributed by atoms with Crippen LogP contribution in [0.5, 0.6) is 0 Å². The van der Waals surface area contributed by atoms with Gasteiger partial charge in [0.05, 0.1) is 6.61 Å². The Balaban J connectivity index is 2.19. The number of benzene rings is 2. The van der Waals surface area contributed by atoms with Crippen molar-refractivity contribution in [2.45, 2.75) is 45.1 Å². The van der Waals surface area contributed by atoms with Crippen molar-refractivity contribution in [1.82, 2.24) is 0 Å². The molecule has 0 radical (unpaired) electrons. The zero-order valence-corrected chi connectivity index (χ0v) is 20.1. The average molecular weight is 427 g/mol. The van der Waals surface area contributed by atoms with Gasteiger partial charge in [0, 0.05) is 13.7 Å². The molecule has 164 valence electrons. The van der Waals surface area contributed by atoms with Crippen LogP contribution in [0.1, 0.15) is 40.0 Å². The normalized spacial score (nSPS) is 13.2. The molecule has 2 aromatic rings. The molecular weight excluding hydrogens is 388 g/mol. The van der Waals surface area contributed by atoms with E-state index in [0.717, 1.165) is 25.9 Å². The van der Waals surface area contributed by atoms with E-state index in [1.54, 1.807) is 7.11 Å². The van der Waals surface area contributed by atoms with Crippen molar-refractivity contribution in [1.29, 1.82) is 0 Å². The van der Waals surface area contributed by atoms with Gasteiger partial charge in [0.15, 0.2) is 0 Å². The maximum Gasteiger partial charge on any atom is 0.261 e. The molecule has 0 aliphatic carbocycles. The highest BCUT2D eigenvalue weighted by atomic mass is 28.4. The third-order valence-electron chi connectivity index (χ3n) is 5.55. The quantitative estimate of drug-likeness (QED) is 0.192. The summed E-state index contributed by atoms with van der Waals surface area (Å²) in [5.41, 5.74) is 0. The van der Waals surface area contributed by atoms with Gasteiger partial charge in [-0.1, -0.05) is 87.5 Å². The third kappa shape index (κ3) is 6.39. The van der Waals surface area contributed by atoms with Gasteiger partial charge in [-0.2, -0.15) is 0 Å². The standard InChI is InChI=1S/C26H38O3Si/c1-6-14-23(21-28-22-27-5)15-13-20-29-30(26(2,3)4,24-16-9-7-10-17-24)25-18-11-8-12-19-25/h6-12,16-19,23H,1,13-15,20-22H2,2-5H3/t23-/m1/s1. The minimum Gasteiger partial charge on any atom is -0.407 e. The second-order valence-corrected chi connectivity index (χ2v) is 13.1. The molecule has 4 heteroatoms. The van der Waals surface area contributed by atoms with Crippen LogP contribution in [0, 0.1) is 5.92 Å². The van der Waals surface area contributed by atoms with Crippen LogP contribution in [0.3, 0.4) is 0 Å². The van der Waals surface area contributed by atoms with Gasteiger partial charge in [0.1, 0.15) is 6.79 Å². The molecule has 0 heterocycles. The summed E-state index contributed by atoms with van der Waals surface area (Å²) in [6.45, 7) is 12.6. The van der Waals surface area contributed by atoms with E-state index < -0.39 is 8.32 Å². The molecule has 0 aromatic heterocycles. The van der Waals surface area contributed by atoms with Crippen LogP contribution >= 0.6 is 0 Å². The number of rotatable bonds is 13. The van der Waals surface area contributed by atoms with E-state index in [-0.39, 0.29) is 5.04 Å². The molecule has 0 amide bonds. The first-order valence-electron chi connectivity index (χ1n) is 10.9. The molecule has 0 fully saturated rings. The molecule has 0 bridgehead atoms. The van der Waals surface area contributed by atoms with E-state index in [1.165, 1.54) is 10.4 Å². The van der Waals surface area contributed by atoms with Crippen LogP contribution < -0.4 is 10.4 Å². The Labute approximate surface area is 184 Å². The SMILES string of the molecule is C=CC[C@H](CCCO[Si](c1ccccc1)(c1ccccc1)C(C)(C)C)COCOC. The summed E-state index contributed by atoms with van der Waals surface area (Å²) in [5.74, 6) is 0.445. The molecule has 2 rings (SSSR count). The molecule has 0 saturated heterocycles. The molecule has 0 spiro atoms. The summed E-state index contributed by atoms with van der Waals surface area (Å²) < 4.78 is 17.6. The Hall–Kier alpha value is -1.72. The summed E-state index contributed by atoms with van der Waals surface area (Å²) in [7, 11) is -0.789. The Morgan fingerprint density at radius 2 is 1.53 bits per heavy atom. The van der Waals surface area contributed by atoms with Crippen molar-refractivity contribution in [3.05, 3.63) is 73.3 Å². The largest absolute Gasteiger partial charge is 0.407 e. The lowest BCUT2D eigenvalue weighted by Crippen LogP contribution is -2.66. The lowest BCUT2D eigenvalue weighted by Gasteiger charge is -2.43. The maximum atomic E-state index is 6.97. The van der Waals surface area contributed by atoms with E-state index in [0.29, 0.717) is 19.3 Å². The number of hydrogen-bond acceptors (Lipinski definition) is 3. The highest BCUT2D eigenvalue weighted by Crippen LogP contribution is 2.36. The van der Waals surface area contributed by atoms with Gasteiger partial charge in [-0.25, -0.2) is 0 Å². The van der Waals surface area contributed by atoms with Crippen LogP contribution in [0.25, 0.3) is 0 Å². The van der Waals surface area contributed by atoms with Crippen LogP contribution in [0.4, 0.5) is 0 Å². The number of hydrogen-bond donors (Lipinski definition) is 0. The van der Waals surface area contributed by atoms with Gasteiger partial charge in [-0.15, -0.1) is 6.58 Å². The second-order valence-electron chi connectivity index (χ2n) is 8.82. The molecule has 0 unspecified atom stereocenters. The summed E-state index contributed by atoms with van der Waals surface area (Å²) in [4.78, 5) is 0. The van der Waals surface area contributed by atoms with Crippen LogP contribution in [0.2, 0.25) is 5.04 Å². The highest BCUT2D eigenvalue weighted by Gasteiger charge is 2.49. The van der Waals surface area contributed by atoms with Gasteiger partial charge in [-0.05, 0) is 40.6 Å². The molecular formula is C26H38O3Si. The van der Waals surface area contributed by atoms with E-state index in [2.05, 4.69) is 88.0 Å². The summed E-state index contributed by atoms with van der Waals surface area (Å²) in [6, 6.07) is 21.6. The summed E-state index contributed by atoms with van der Waals surface area (Å²) in [5, 5.41) is 2.67. The third-order valence-corrected chi connectivity index (χ3v) is 10.6.